The first-order valence-corrected chi connectivity index (χ1v) is 8.71. The number of ether oxygens (including phenoxy) is 1. The summed E-state index contributed by atoms with van der Waals surface area (Å²) in [6, 6.07) is 7.99. The molecule has 0 aromatic heterocycles. The third-order valence-electron chi connectivity index (χ3n) is 4.94. The van der Waals surface area contributed by atoms with Crippen molar-refractivity contribution in [2.45, 2.75) is 63.3 Å². The molecule has 1 heterocycles. The second-order valence-electron chi connectivity index (χ2n) is 6.77. The lowest BCUT2D eigenvalue weighted by molar-refractivity contribution is 0.0275. The van der Waals surface area contributed by atoms with Crippen LogP contribution >= 0.6 is 0 Å². The molecule has 4 nitrogen and oxygen atoms in total. The van der Waals surface area contributed by atoms with Gasteiger partial charge in [0.15, 0.2) is 0 Å². The van der Waals surface area contributed by atoms with Gasteiger partial charge in [0.2, 0.25) is 0 Å². The van der Waals surface area contributed by atoms with Gasteiger partial charge in [0.05, 0.1) is 12.4 Å². The summed E-state index contributed by atoms with van der Waals surface area (Å²) in [5.41, 5.74) is 1.13. The molecule has 1 aliphatic heterocycles. The van der Waals surface area contributed by atoms with Gasteiger partial charge >= 0.3 is 0 Å². The molecule has 4 heteroatoms. The van der Waals surface area contributed by atoms with E-state index in [4.69, 9.17) is 4.74 Å². The van der Waals surface area contributed by atoms with Crippen LogP contribution in [0.2, 0.25) is 0 Å². The third-order valence-corrected chi connectivity index (χ3v) is 4.94. The quantitative estimate of drug-likeness (QED) is 0.876. The zero-order chi connectivity index (χ0) is 16.1. The predicted octanol–water partition coefficient (Wildman–Crippen LogP) is 3.19. The van der Waals surface area contributed by atoms with E-state index in [0.717, 1.165) is 57.2 Å². The minimum atomic E-state index is -0.136. The third kappa shape index (κ3) is 4.72. The lowest BCUT2D eigenvalue weighted by Gasteiger charge is -2.38. The van der Waals surface area contributed by atoms with Crippen molar-refractivity contribution in [3.05, 3.63) is 42.2 Å². The van der Waals surface area contributed by atoms with E-state index in [1.54, 1.807) is 6.07 Å². The molecule has 0 spiro atoms. The highest BCUT2D eigenvalue weighted by molar-refractivity contribution is 5.27. The number of aromatic hydroxyl groups is 1. The number of hydrogen-bond donors (Lipinski definition) is 2. The molecule has 0 radical (unpaired) electrons. The maximum absolute atomic E-state index is 9.77. The summed E-state index contributed by atoms with van der Waals surface area (Å²) in [5, 5.41) is 19.5. The molecular weight excluding hydrogens is 290 g/mol. The molecule has 126 valence electrons. The van der Waals surface area contributed by atoms with Crippen LogP contribution in [0.4, 0.5) is 0 Å². The largest absolute Gasteiger partial charge is 0.508 e. The summed E-state index contributed by atoms with van der Waals surface area (Å²) < 4.78 is 5.76. The van der Waals surface area contributed by atoms with Crippen molar-refractivity contribution in [2.75, 3.05) is 6.54 Å². The highest BCUT2D eigenvalue weighted by atomic mass is 16.5. The van der Waals surface area contributed by atoms with Crippen LogP contribution in [0.1, 0.15) is 44.1 Å². The fourth-order valence-corrected chi connectivity index (χ4v) is 3.64. The number of phenols is 1. The molecule has 1 aliphatic carbocycles. The SMILES string of the molecule is Oc1cccc(CN(C[C@@H]2CCC=CO2)C2CCC(O)CC2)c1. The van der Waals surface area contributed by atoms with E-state index in [9.17, 15) is 10.2 Å². The summed E-state index contributed by atoms with van der Waals surface area (Å²) in [4.78, 5) is 2.48. The van der Waals surface area contributed by atoms with Gasteiger partial charge in [-0.15, -0.1) is 0 Å². The van der Waals surface area contributed by atoms with E-state index >= 15 is 0 Å². The lowest BCUT2D eigenvalue weighted by atomic mass is 9.91. The molecule has 1 atom stereocenters. The minimum absolute atomic E-state index is 0.136. The number of rotatable bonds is 5. The van der Waals surface area contributed by atoms with E-state index in [1.807, 2.05) is 18.4 Å². The molecule has 1 aromatic carbocycles. The Morgan fingerprint density at radius 1 is 1.13 bits per heavy atom. The highest BCUT2D eigenvalue weighted by Crippen LogP contribution is 2.26. The van der Waals surface area contributed by atoms with Crippen molar-refractivity contribution in [1.82, 2.24) is 4.90 Å². The number of nitrogens with zero attached hydrogens (tertiary/aromatic N) is 1. The Morgan fingerprint density at radius 2 is 1.96 bits per heavy atom. The normalized spacial score (nSPS) is 27.8. The van der Waals surface area contributed by atoms with E-state index in [2.05, 4.69) is 17.0 Å². The monoisotopic (exact) mass is 317 g/mol. The Labute approximate surface area is 138 Å². The van der Waals surface area contributed by atoms with Crippen LogP contribution in [0.15, 0.2) is 36.6 Å². The molecule has 1 saturated carbocycles. The minimum Gasteiger partial charge on any atom is -0.508 e. The first-order chi connectivity index (χ1) is 11.2. The fourth-order valence-electron chi connectivity index (χ4n) is 3.64. The number of hydrogen-bond acceptors (Lipinski definition) is 4. The molecule has 23 heavy (non-hydrogen) atoms. The number of phenolic OH excluding ortho intramolecular Hbond substituents is 1. The van der Waals surface area contributed by atoms with Crippen molar-refractivity contribution in [2.24, 2.45) is 0 Å². The average molecular weight is 317 g/mol. The molecular formula is C19H27NO3. The van der Waals surface area contributed by atoms with Gasteiger partial charge in [0, 0.05) is 19.1 Å². The smallest absolute Gasteiger partial charge is 0.115 e. The zero-order valence-corrected chi connectivity index (χ0v) is 13.6. The molecule has 0 unspecified atom stereocenters. The maximum atomic E-state index is 9.77. The Kier molecular flexibility index (Phi) is 5.57. The van der Waals surface area contributed by atoms with E-state index < -0.39 is 0 Å². The van der Waals surface area contributed by atoms with Gasteiger partial charge in [0.25, 0.3) is 0 Å². The van der Waals surface area contributed by atoms with Crippen LogP contribution in [-0.4, -0.2) is 39.9 Å². The van der Waals surface area contributed by atoms with E-state index in [0.29, 0.717) is 11.8 Å². The summed E-state index contributed by atoms with van der Waals surface area (Å²) in [7, 11) is 0. The zero-order valence-electron chi connectivity index (χ0n) is 13.6. The average Bonchev–Trinajstić information content (AvgIpc) is 2.56. The molecule has 0 saturated heterocycles. The number of benzene rings is 1. The highest BCUT2D eigenvalue weighted by Gasteiger charge is 2.27. The molecule has 3 rings (SSSR count). The van der Waals surface area contributed by atoms with Gasteiger partial charge in [0.1, 0.15) is 11.9 Å². The molecule has 1 aromatic rings. The Morgan fingerprint density at radius 3 is 2.65 bits per heavy atom. The summed E-state index contributed by atoms with van der Waals surface area (Å²) in [6.45, 7) is 1.72. The first-order valence-electron chi connectivity index (χ1n) is 8.71. The fraction of sp³-hybridized carbons (Fsp3) is 0.579. The number of aliphatic hydroxyl groups excluding tert-OH is 1. The van der Waals surface area contributed by atoms with Crippen molar-refractivity contribution >= 4 is 0 Å². The first kappa shape index (κ1) is 16.3. The Balaban J connectivity index is 1.68. The van der Waals surface area contributed by atoms with Crippen LogP contribution < -0.4 is 0 Å². The standard InChI is InChI=1S/C19H27NO3/c21-17-9-7-16(8-10-17)20(14-19-6-1-2-11-23-19)13-15-4-3-5-18(22)12-15/h2-5,11-12,16-17,19,21-22H,1,6-10,13-14H2/t16?,17?,19-/m0/s1. The van der Waals surface area contributed by atoms with E-state index in [1.165, 1.54) is 0 Å². The molecule has 0 amide bonds. The summed E-state index contributed by atoms with van der Waals surface area (Å²) in [5.74, 6) is 0.318. The van der Waals surface area contributed by atoms with Crippen LogP contribution in [0, 0.1) is 0 Å². The Hall–Kier alpha value is -1.52. The van der Waals surface area contributed by atoms with Gasteiger partial charge in [-0.25, -0.2) is 0 Å². The molecule has 2 aliphatic rings. The second kappa shape index (κ2) is 7.84. The van der Waals surface area contributed by atoms with Gasteiger partial charge in [-0.2, -0.15) is 0 Å². The summed E-state index contributed by atoms with van der Waals surface area (Å²) in [6.07, 6.45) is 9.96. The van der Waals surface area contributed by atoms with Crippen molar-refractivity contribution in [3.63, 3.8) is 0 Å². The predicted molar refractivity (Wildman–Crippen MR) is 90.0 cm³/mol. The molecule has 1 fully saturated rings. The van der Waals surface area contributed by atoms with E-state index in [-0.39, 0.29) is 12.2 Å². The van der Waals surface area contributed by atoms with Crippen LogP contribution in [0.5, 0.6) is 5.75 Å². The van der Waals surface area contributed by atoms with Gasteiger partial charge < -0.3 is 14.9 Å². The van der Waals surface area contributed by atoms with Gasteiger partial charge in [-0.05, 0) is 62.3 Å². The van der Waals surface area contributed by atoms with Crippen molar-refractivity contribution in [1.29, 1.82) is 0 Å². The van der Waals surface area contributed by atoms with Gasteiger partial charge in [-0.1, -0.05) is 12.1 Å². The maximum Gasteiger partial charge on any atom is 0.115 e. The lowest BCUT2D eigenvalue weighted by Crippen LogP contribution is -2.43. The Bertz CT molecular complexity index is 523. The van der Waals surface area contributed by atoms with Crippen LogP contribution in [-0.2, 0) is 11.3 Å². The molecule has 0 bridgehead atoms. The topological polar surface area (TPSA) is 52.9 Å². The summed E-state index contributed by atoms with van der Waals surface area (Å²) >= 11 is 0. The van der Waals surface area contributed by atoms with Gasteiger partial charge in [-0.3, -0.25) is 4.90 Å². The van der Waals surface area contributed by atoms with Crippen LogP contribution in [0.25, 0.3) is 0 Å². The van der Waals surface area contributed by atoms with Crippen molar-refractivity contribution in [3.8, 4) is 5.75 Å². The number of aliphatic hydroxyl groups is 1. The second-order valence-corrected chi connectivity index (χ2v) is 6.77. The van der Waals surface area contributed by atoms with Crippen molar-refractivity contribution < 1.29 is 14.9 Å². The molecule has 2 N–H and O–H groups in total. The van der Waals surface area contributed by atoms with Crippen LogP contribution in [0.3, 0.4) is 0 Å². The number of allylic oxidation sites excluding steroid dienone is 1.